The van der Waals surface area contributed by atoms with Gasteiger partial charge in [0.2, 0.25) is 0 Å². The molecule has 0 unspecified atom stereocenters. The van der Waals surface area contributed by atoms with Crippen LogP contribution in [0.1, 0.15) is 18.4 Å². The van der Waals surface area contributed by atoms with Gasteiger partial charge in [0.25, 0.3) is 0 Å². The van der Waals surface area contributed by atoms with Gasteiger partial charge in [-0.1, -0.05) is 12.1 Å². The predicted molar refractivity (Wildman–Crippen MR) is 95.6 cm³/mol. The van der Waals surface area contributed by atoms with Gasteiger partial charge >= 0.3 is 0 Å². The molecule has 25 heavy (non-hydrogen) atoms. The summed E-state index contributed by atoms with van der Waals surface area (Å²) in [5.41, 5.74) is 1.12. The van der Waals surface area contributed by atoms with Crippen molar-refractivity contribution in [2.24, 2.45) is 0 Å². The van der Waals surface area contributed by atoms with Crippen molar-refractivity contribution in [3.8, 4) is 0 Å². The van der Waals surface area contributed by atoms with Crippen LogP contribution in [0.25, 0.3) is 0 Å². The fourth-order valence-electron chi connectivity index (χ4n) is 3.50. The standard InChI is InChI=1S/C19H27FN4O/c20-18-5-3-17(4-6-18)15-23-13-12-22(16-19(23)7-14-25)9-2-11-24-10-1-8-21-24/h1,3-6,8,10,19,25H,2,7,9,11-16H2/t19-/m1/s1. The van der Waals surface area contributed by atoms with E-state index in [1.807, 2.05) is 35.3 Å². The summed E-state index contributed by atoms with van der Waals surface area (Å²) < 4.78 is 15.0. The fourth-order valence-corrected chi connectivity index (χ4v) is 3.50. The zero-order valence-corrected chi connectivity index (χ0v) is 14.6. The van der Waals surface area contributed by atoms with Crippen LogP contribution in [0.5, 0.6) is 0 Å². The molecule has 5 nitrogen and oxygen atoms in total. The summed E-state index contributed by atoms with van der Waals surface area (Å²) in [6.45, 7) is 5.98. The first kappa shape index (κ1) is 18.0. The van der Waals surface area contributed by atoms with Crippen LogP contribution in [-0.4, -0.2) is 63.5 Å². The van der Waals surface area contributed by atoms with Gasteiger partial charge < -0.3 is 10.0 Å². The number of hydrogen-bond donors (Lipinski definition) is 1. The van der Waals surface area contributed by atoms with Gasteiger partial charge in [0.1, 0.15) is 5.82 Å². The van der Waals surface area contributed by atoms with Crippen LogP contribution in [0, 0.1) is 5.82 Å². The van der Waals surface area contributed by atoms with E-state index in [1.165, 1.54) is 12.1 Å². The molecule has 1 aromatic carbocycles. The Hall–Kier alpha value is -1.76. The lowest BCUT2D eigenvalue weighted by Gasteiger charge is -2.41. The molecule has 6 heteroatoms. The lowest BCUT2D eigenvalue weighted by atomic mass is 10.1. The topological polar surface area (TPSA) is 44.5 Å². The first-order chi connectivity index (χ1) is 12.2. The van der Waals surface area contributed by atoms with Crippen LogP contribution in [0.4, 0.5) is 4.39 Å². The third-order valence-electron chi connectivity index (χ3n) is 4.87. The van der Waals surface area contributed by atoms with Crippen molar-refractivity contribution >= 4 is 0 Å². The molecule has 2 aromatic rings. The third kappa shape index (κ3) is 5.36. The van der Waals surface area contributed by atoms with E-state index in [4.69, 9.17) is 0 Å². The Kier molecular flexibility index (Phi) is 6.55. The fraction of sp³-hybridized carbons (Fsp3) is 0.526. The number of aromatic nitrogens is 2. The molecule has 0 radical (unpaired) electrons. The Morgan fingerprint density at radius 1 is 1.16 bits per heavy atom. The molecule has 1 fully saturated rings. The van der Waals surface area contributed by atoms with E-state index in [-0.39, 0.29) is 12.4 Å². The maximum absolute atomic E-state index is 13.1. The van der Waals surface area contributed by atoms with Gasteiger partial charge in [-0.05, 0) is 36.6 Å². The molecular weight excluding hydrogens is 319 g/mol. The number of piperazine rings is 1. The van der Waals surface area contributed by atoms with Crippen LogP contribution < -0.4 is 0 Å². The van der Waals surface area contributed by atoms with Crippen LogP contribution in [-0.2, 0) is 13.1 Å². The molecule has 1 aliphatic rings. The number of halogens is 1. The van der Waals surface area contributed by atoms with Crippen molar-refractivity contribution < 1.29 is 9.50 Å². The van der Waals surface area contributed by atoms with Crippen LogP contribution >= 0.6 is 0 Å². The summed E-state index contributed by atoms with van der Waals surface area (Å²) in [5, 5.41) is 13.7. The second-order valence-corrected chi connectivity index (χ2v) is 6.69. The minimum absolute atomic E-state index is 0.197. The third-order valence-corrected chi connectivity index (χ3v) is 4.87. The van der Waals surface area contributed by atoms with E-state index in [9.17, 15) is 9.50 Å². The van der Waals surface area contributed by atoms with E-state index < -0.39 is 0 Å². The largest absolute Gasteiger partial charge is 0.396 e. The molecule has 1 N–H and O–H groups in total. The Labute approximate surface area is 148 Å². The summed E-state index contributed by atoms with van der Waals surface area (Å²) >= 11 is 0. The van der Waals surface area contributed by atoms with E-state index in [1.54, 1.807) is 0 Å². The normalized spacial score (nSPS) is 19.4. The zero-order chi connectivity index (χ0) is 17.5. The monoisotopic (exact) mass is 346 g/mol. The van der Waals surface area contributed by atoms with Gasteiger partial charge in [-0.2, -0.15) is 5.10 Å². The summed E-state index contributed by atoms with van der Waals surface area (Å²) in [5.74, 6) is -0.197. The van der Waals surface area contributed by atoms with Gasteiger partial charge in [0.05, 0.1) is 0 Å². The Morgan fingerprint density at radius 3 is 2.72 bits per heavy atom. The molecule has 0 bridgehead atoms. The van der Waals surface area contributed by atoms with Gasteiger partial charge in [0.15, 0.2) is 0 Å². The first-order valence-electron chi connectivity index (χ1n) is 9.04. The highest BCUT2D eigenvalue weighted by molar-refractivity contribution is 5.16. The molecule has 3 rings (SSSR count). The SMILES string of the molecule is OCC[C@@H]1CN(CCCn2cccn2)CCN1Cc1ccc(F)cc1. The lowest BCUT2D eigenvalue weighted by molar-refractivity contribution is 0.0526. The highest BCUT2D eigenvalue weighted by atomic mass is 19.1. The summed E-state index contributed by atoms with van der Waals surface area (Å²) in [6, 6.07) is 9.02. The number of aliphatic hydroxyl groups excluding tert-OH is 1. The van der Waals surface area contributed by atoms with E-state index in [2.05, 4.69) is 14.9 Å². The van der Waals surface area contributed by atoms with Gasteiger partial charge in [0, 0.05) is 64.3 Å². The van der Waals surface area contributed by atoms with Crippen molar-refractivity contribution in [3.63, 3.8) is 0 Å². The number of rotatable bonds is 8. The average Bonchev–Trinajstić information content (AvgIpc) is 3.13. The number of benzene rings is 1. The Bertz CT molecular complexity index is 617. The molecule has 2 heterocycles. The number of hydrogen-bond acceptors (Lipinski definition) is 4. The maximum atomic E-state index is 13.1. The summed E-state index contributed by atoms with van der Waals surface area (Å²) in [4.78, 5) is 4.89. The summed E-state index contributed by atoms with van der Waals surface area (Å²) in [7, 11) is 0. The van der Waals surface area contributed by atoms with Crippen LogP contribution in [0.3, 0.4) is 0 Å². The van der Waals surface area contributed by atoms with Crippen molar-refractivity contribution in [2.45, 2.75) is 32.0 Å². The molecular formula is C19H27FN4O. The van der Waals surface area contributed by atoms with Crippen molar-refractivity contribution in [3.05, 3.63) is 54.1 Å². The molecule has 0 saturated carbocycles. The summed E-state index contributed by atoms with van der Waals surface area (Å²) in [6.07, 6.45) is 5.66. The van der Waals surface area contributed by atoms with Gasteiger partial charge in [-0.15, -0.1) is 0 Å². The number of nitrogens with zero attached hydrogens (tertiary/aromatic N) is 4. The van der Waals surface area contributed by atoms with Crippen molar-refractivity contribution in [1.82, 2.24) is 19.6 Å². The van der Waals surface area contributed by atoms with Crippen molar-refractivity contribution in [1.29, 1.82) is 0 Å². The van der Waals surface area contributed by atoms with Gasteiger partial charge in [-0.3, -0.25) is 9.58 Å². The molecule has 136 valence electrons. The van der Waals surface area contributed by atoms with E-state index in [0.717, 1.165) is 57.7 Å². The molecule has 1 atom stereocenters. The molecule has 0 amide bonds. The van der Waals surface area contributed by atoms with E-state index >= 15 is 0 Å². The molecule has 1 aliphatic heterocycles. The molecule has 0 spiro atoms. The predicted octanol–water partition coefficient (Wildman–Crippen LogP) is 1.98. The number of aryl methyl sites for hydroxylation is 1. The van der Waals surface area contributed by atoms with Crippen molar-refractivity contribution in [2.75, 3.05) is 32.8 Å². The zero-order valence-electron chi connectivity index (χ0n) is 14.6. The first-order valence-corrected chi connectivity index (χ1v) is 9.04. The van der Waals surface area contributed by atoms with Gasteiger partial charge in [-0.25, -0.2) is 4.39 Å². The quantitative estimate of drug-likeness (QED) is 0.794. The van der Waals surface area contributed by atoms with Crippen LogP contribution in [0.15, 0.2) is 42.7 Å². The maximum Gasteiger partial charge on any atom is 0.123 e. The highest BCUT2D eigenvalue weighted by Gasteiger charge is 2.26. The van der Waals surface area contributed by atoms with E-state index in [0.29, 0.717) is 6.04 Å². The average molecular weight is 346 g/mol. The Balaban J connectivity index is 1.50. The molecule has 0 aliphatic carbocycles. The van der Waals surface area contributed by atoms with Crippen LogP contribution in [0.2, 0.25) is 0 Å². The Morgan fingerprint density at radius 2 is 2.00 bits per heavy atom. The minimum atomic E-state index is -0.197. The second-order valence-electron chi connectivity index (χ2n) is 6.69. The smallest absolute Gasteiger partial charge is 0.123 e. The highest BCUT2D eigenvalue weighted by Crippen LogP contribution is 2.17. The molecule has 1 aromatic heterocycles. The molecule has 1 saturated heterocycles. The number of aliphatic hydroxyl groups is 1. The lowest BCUT2D eigenvalue weighted by Crippen LogP contribution is -2.53. The minimum Gasteiger partial charge on any atom is -0.396 e. The second kappa shape index (κ2) is 9.08.